The number of fused-ring (bicyclic) bond motifs is 1. The number of hydrogen-bond donors (Lipinski definition) is 2. The van der Waals surface area contributed by atoms with Crippen LogP contribution in [0.4, 0.5) is 23.0 Å². The van der Waals surface area contributed by atoms with Gasteiger partial charge in [-0.3, -0.25) is 4.98 Å². The minimum Gasteiger partial charge on any atom is -0.393 e. The lowest BCUT2D eigenvalue weighted by Crippen LogP contribution is -2.35. The first-order chi connectivity index (χ1) is 12.6. The van der Waals surface area contributed by atoms with Crippen LogP contribution < -0.4 is 16.0 Å². The fourth-order valence-corrected chi connectivity index (χ4v) is 3.59. The predicted molar refractivity (Wildman–Crippen MR) is 107 cm³/mol. The second-order valence-electron chi connectivity index (χ2n) is 7.11. The number of nitrogens with zero attached hydrogens (tertiary/aromatic N) is 4. The van der Waals surface area contributed by atoms with Gasteiger partial charge >= 0.3 is 0 Å². The van der Waals surface area contributed by atoms with E-state index in [0.717, 1.165) is 41.2 Å². The summed E-state index contributed by atoms with van der Waals surface area (Å²) in [5.74, 6) is 2.10. The van der Waals surface area contributed by atoms with Crippen LogP contribution in [-0.4, -0.2) is 28.0 Å². The number of pyridine rings is 1. The Morgan fingerprint density at radius 3 is 2.92 bits per heavy atom. The van der Waals surface area contributed by atoms with Crippen molar-refractivity contribution in [3.8, 4) is 0 Å². The van der Waals surface area contributed by atoms with Gasteiger partial charge in [0.2, 0.25) is 0 Å². The molecule has 6 heteroatoms. The highest BCUT2D eigenvalue weighted by Gasteiger charge is 2.21. The molecule has 3 N–H and O–H groups in total. The number of hydrogen-bond acceptors (Lipinski definition) is 6. The van der Waals surface area contributed by atoms with E-state index in [2.05, 4.69) is 44.2 Å². The van der Waals surface area contributed by atoms with Crippen LogP contribution in [0.5, 0.6) is 0 Å². The summed E-state index contributed by atoms with van der Waals surface area (Å²) in [6.07, 6.45) is 4.00. The van der Waals surface area contributed by atoms with Gasteiger partial charge in [0, 0.05) is 24.2 Å². The van der Waals surface area contributed by atoms with E-state index in [1.807, 2.05) is 25.1 Å². The Labute approximate surface area is 153 Å². The molecule has 1 atom stereocenters. The number of nitrogen functional groups attached to an aromatic ring is 1. The molecule has 3 aromatic rings. The van der Waals surface area contributed by atoms with Gasteiger partial charge in [0.15, 0.2) is 11.6 Å². The van der Waals surface area contributed by atoms with E-state index in [4.69, 9.17) is 5.73 Å². The molecule has 0 radical (unpaired) electrons. The van der Waals surface area contributed by atoms with E-state index in [9.17, 15) is 0 Å². The summed E-state index contributed by atoms with van der Waals surface area (Å²) in [6, 6.07) is 10.1. The third-order valence-corrected chi connectivity index (χ3v) is 4.93. The molecule has 4 rings (SSSR count). The number of para-hydroxylation sites is 1. The highest BCUT2D eigenvalue weighted by atomic mass is 15.2. The molecule has 1 aliphatic heterocycles. The predicted octanol–water partition coefficient (Wildman–Crippen LogP) is 3.90. The maximum atomic E-state index is 6.43. The number of aromatic nitrogens is 3. The number of aryl methyl sites for hydroxylation is 1. The van der Waals surface area contributed by atoms with Crippen LogP contribution in [0.15, 0.2) is 36.7 Å². The summed E-state index contributed by atoms with van der Waals surface area (Å²) >= 11 is 0. The Kier molecular flexibility index (Phi) is 4.32. The van der Waals surface area contributed by atoms with Crippen LogP contribution in [0.25, 0.3) is 10.9 Å². The van der Waals surface area contributed by atoms with E-state index in [1.54, 1.807) is 6.33 Å². The molecule has 0 amide bonds. The van der Waals surface area contributed by atoms with Crippen molar-refractivity contribution < 1.29 is 0 Å². The van der Waals surface area contributed by atoms with Crippen LogP contribution in [0.1, 0.15) is 25.5 Å². The Balaban J connectivity index is 1.69. The van der Waals surface area contributed by atoms with E-state index in [-0.39, 0.29) is 0 Å². The third kappa shape index (κ3) is 3.14. The average molecular weight is 348 g/mol. The average Bonchev–Trinajstić information content (AvgIpc) is 2.64. The highest BCUT2D eigenvalue weighted by molar-refractivity contribution is 5.93. The monoisotopic (exact) mass is 348 g/mol. The molecule has 3 heterocycles. The second kappa shape index (κ2) is 6.78. The molecule has 1 saturated heterocycles. The van der Waals surface area contributed by atoms with Crippen molar-refractivity contribution >= 4 is 33.9 Å². The molecule has 1 fully saturated rings. The zero-order valence-electron chi connectivity index (χ0n) is 15.2. The fraction of sp³-hybridized carbons (Fsp3) is 0.350. The topological polar surface area (TPSA) is 80.0 Å². The molecule has 134 valence electrons. The highest BCUT2D eigenvalue weighted by Crippen LogP contribution is 2.32. The molecule has 2 aromatic heterocycles. The Hall–Kier alpha value is -2.89. The lowest BCUT2D eigenvalue weighted by molar-refractivity contribution is 0.445. The van der Waals surface area contributed by atoms with Gasteiger partial charge in [-0.05, 0) is 37.8 Å². The van der Waals surface area contributed by atoms with E-state index in [0.29, 0.717) is 17.4 Å². The van der Waals surface area contributed by atoms with Gasteiger partial charge in [-0.2, -0.15) is 0 Å². The first-order valence-electron chi connectivity index (χ1n) is 9.10. The molecule has 6 nitrogen and oxygen atoms in total. The summed E-state index contributed by atoms with van der Waals surface area (Å²) in [5, 5.41) is 4.45. The summed E-state index contributed by atoms with van der Waals surface area (Å²) in [4.78, 5) is 15.8. The fourth-order valence-electron chi connectivity index (χ4n) is 3.59. The van der Waals surface area contributed by atoms with Crippen molar-refractivity contribution in [2.24, 2.45) is 5.92 Å². The third-order valence-electron chi connectivity index (χ3n) is 4.93. The summed E-state index contributed by atoms with van der Waals surface area (Å²) in [6.45, 7) is 6.23. The lowest BCUT2D eigenvalue weighted by atomic mass is 10.0. The Morgan fingerprint density at radius 1 is 1.19 bits per heavy atom. The normalized spacial score (nSPS) is 17.5. The molecule has 0 aliphatic carbocycles. The van der Waals surface area contributed by atoms with Crippen molar-refractivity contribution in [3.05, 3.63) is 42.4 Å². The summed E-state index contributed by atoms with van der Waals surface area (Å²) in [5.41, 5.74) is 9.81. The van der Waals surface area contributed by atoms with E-state index in [1.165, 1.54) is 12.8 Å². The zero-order chi connectivity index (χ0) is 18.1. The number of piperidine rings is 1. The molecule has 0 saturated carbocycles. The number of nitrogens with two attached hydrogens (primary N) is 1. The Bertz CT molecular complexity index is 939. The molecule has 0 bridgehead atoms. The van der Waals surface area contributed by atoms with Crippen molar-refractivity contribution in [1.82, 2.24) is 15.0 Å². The van der Waals surface area contributed by atoms with Gasteiger partial charge in [-0.1, -0.05) is 25.1 Å². The largest absolute Gasteiger partial charge is 0.393 e. The van der Waals surface area contributed by atoms with Gasteiger partial charge in [0.25, 0.3) is 0 Å². The van der Waals surface area contributed by atoms with Crippen LogP contribution in [0.3, 0.4) is 0 Å². The molecule has 0 spiro atoms. The number of rotatable bonds is 3. The van der Waals surface area contributed by atoms with Crippen molar-refractivity contribution in [2.45, 2.75) is 26.7 Å². The molecule has 26 heavy (non-hydrogen) atoms. The van der Waals surface area contributed by atoms with Crippen molar-refractivity contribution in [3.63, 3.8) is 0 Å². The standard InChI is InChI=1S/C20H24N6/c1-13-5-4-10-26(11-13)20-17(21)19(22-12-23-20)25-16-7-3-6-15-9-8-14(2)24-18(15)16/h3,6-9,12-13H,4-5,10-11,21H2,1-2H3,(H,22,23,25). The molecule has 1 aromatic carbocycles. The SMILES string of the molecule is Cc1ccc2cccc(Nc3ncnc(N4CCCC(C)C4)c3N)c2n1. The van der Waals surface area contributed by atoms with E-state index < -0.39 is 0 Å². The zero-order valence-corrected chi connectivity index (χ0v) is 15.2. The molecule has 1 unspecified atom stereocenters. The van der Waals surface area contributed by atoms with Gasteiger partial charge in [-0.15, -0.1) is 0 Å². The van der Waals surface area contributed by atoms with Gasteiger partial charge in [-0.25, -0.2) is 9.97 Å². The summed E-state index contributed by atoms with van der Waals surface area (Å²) < 4.78 is 0. The van der Waals surface area contributed by atoms with Gasteiger partial charge in [0.05, 0.1) is 11.2 Å². The van der Waals surface area contributed by atoms with Crippen LogP contribution in [0.2, 0.25) is 0 Å². The maximum absolute atomic E-state index is 6.43. The number of benzene rings is 1. The first-order valence-corrected chi connectivity index (χ1v) is 9.10. The van der Waals surface area contributed by atoms with Crippen molar-refractivity contribution in [2.75, 3.05) is 29.0 Å². The maximum Gasteiger partial charge on any atom is 0.159 e. The first kappa shape index (κ1) is 16.6. The molecular weight excluding hydrogens is 324 g/mol. The minimum absolute atomic E-state index is 0.589. The van der Waals surface area contributed by atoms with Crippen LogP contribution >= 0.6 is 0 Å². The van der Waals surface area contributed by atoms with Crippen LogP contribution in [0, 0.1) is 12.8 Å². The smallest absolute Gasteiger partial charge is 0.159 e. The second-order valence-corrected chi connectivity index (χ2v) is 7.11. The van der Waals surface area contributed by atoms with Crippen LogP contribution in [-0.2, 0) is 0 Å². The van der Waals surface area contributed by atoms with Gasteiger partial charge < -0.3 is 16.0 Å². The number of nitrogens with one attached hydrogen (secondary N) is 1. The quantitative estimate of drug-likeness (QED) is 0.747. The van der Waals surface area contributed by atoms with Crippen molar-refractivity contribution in [1.29, 1.82) is 0 Å². The molecule has 1 aliphatic rings. The number of anilines is 4. The Morgan fingerprint density at radius 2 is 2.08 bits per heavy atom. The van der Waals surface area contributed by atoms with E-state index >= 15 is 0 Å². The minimum atomic E-state index is 0.589. The lowest BCUT2D eigenvalue weighted by Gasteiger charge is -2.32. The molecular formula is C20H24N6. The van der Waals surface area contributed by atoms with Gasteiger partial charge in [0.1, 0.15) is 12.0 Å². The summed E-state index contributed by atoms with van der Waals surface area (Å²) in [7, 11) is 0.